The van der Waals surface area contributed by atoms with E-state index in [2.05, 4.69) is 22.0 Å². The first-order valence-electron chi connectivity index (χ1n) is 8.50. The molecule has 0 bridgehead atoms. The minimum atomic E-state index is -0.367. The number of nitrogens with zero attached hydrogens (tertiary/aromatic N) is 2. The minimum absolute atomic E-state index is 0.288. The van der Waals surface area contributed by atoms with Crippen LogP contribution in [-0.4, -0.2) is 43.5 Å². The normalized spacial score (nSPS) is 15.2. The van der Waals surface area contributed by atoms with Gasteiger partial charge in [0.1, 0.15) is 5.82 Å². The van der Waals surface area contributed by atoms with Crippen LogP contribution in [0.4, 0.5) is 21.5 Å². The predicted molar refractivity (Wildman–Crippen MR) is 99.5 cm³/mol. The summed E-state index contributed by atoms with van der Waals surface area (Å²) in [6, 6.07) is 11.0. The third kappa shape index (κ3) is 4.09. The maximum atomic E-state index is 12.9. The largest absolute Gasteiger partial charge is 0.397 e. The van der Waals surface area contributed by atoms with E-state index in [9.17, 15) is 9.18 Å². The van der Waals surface area contributed by atoms with Gasteiger partial charge in [-0.05, 0) is 49.0 Å². The van der Waals surface area contributed by atoms with Crippen molar-refractivity contribution in [3.63, 3.8) is 0 Å². The van der Waals surface area contributed by atoms with Gasteiger partial charge < -0.3 is 20.9 Å². The Morgan fingerprint density at radius 1 is 1.12 bits per heavy atom. The molecule has 0 aromatic heterocycles. The summed E-state index contributed by atoms with van der Waals surface area (Å²) in [7, 11) is 0. The molecule has 1 heterocycles. The number of carbonyl (C=O) groups is 1. The van der Waals surface area contributed by atoms with Gasteiger partial charge in [0, 0.05) is 37.4 Å². The van der Waals surface area contributed by atoms with E-state index in [1.165, 1.54) is 24.3 Å². The molecule has 0 aliphatic carbocycles. The average Bonchev–Trinajstić information content (AvgIpc) is 2.62. The van der Waals surface area contributed by atoms with Crippen molar-refractivity contribution in [2.24, 2.45) is 0 Å². The number of rotatable bonds is 4. The molecule has 0 radical (unpaired) electrons. The van der Waals surface area contributed by atoms with Gasteiger partial charge >= 0.3 is 0 Å². The van der Waals surface area contributed by atoms with E-state index in [4.69, 9.17) is 5.73 Å². The number of nitrogens with two attached hydrogens (primary N) is 1. The quantitative estimate of drug-likeness (QED) is 0.839. The van der Waals surface area contributed by atoms with Crippen LogP contribution in [0.5, 0.6) is 0 Å². The maximum absolute atomic E-state index is 12.9. The van der Waals surface area contributed by atoms with Crippen LogP contribution in [-0.2, 0) is 0 Å². The summed E-state index contributed by atoms with van der Waals surface area (Å²) in [5.74, 6) is -0.656. The zero-order valence-corrected chi connectivity index (χ0v) is 14.3. The highest BCUT2D eigenvalue weighted by atomic mass is 19.1. The van der Waals surface area contributed by atoms with Crippen molar-refractivity contribution in [3.8, 4) is 0 Å². The number of anilines is 3. The van der Waals surface area contributed by atoms with E-state index >= 15 is 0 Å². The van der Waals surface area contributed by atoms with E-state index < -0.39 is 0 Å². The van der Waals surface area contributed by atoms with Crippen molar-refractivity contribution in [1.29, 1.82) is 0 Å². The molecule has 3 N–H and O–H groups in total. The Morgan fingerprint density at radius 2 is 1.80 bits per heavy atom. The Bertz CT molecular complexity index is 740. The van der Waals surface area contributed by atoms with E-state index in [1.807, 2.05) is 12.1 Å². The molecule has 5 nitrogen and oxygen atoms in total. The van der Waals surface area contributed by atoms with Crippen LogP contribution in [0.25, 0.3) is 0 Å². The molecule has 2 aromatic rings. The van der Waals surface area contributed by atoms with Crippen molar-refractivity contribution in [2.75, 3.05) is 48.7 Å². The van der Waals surface area contributed by atoms with E-state index in [-0.39, 0.29) is 11.7 Å². The fourth-order valence-electron chi connectivity index (χ4n) is 3.03. The molecular weight excluding hydrogens is 319 g/mol. The lowest BCUT2D eigenvalue weighted by Gasteiger charge is -2.36. The monoisotopic (exact) mass is 342 g/mol. The van der Waals surface area contributed by atoms with Gasteiger partial charge in [0.25, 0.3) is 5.91 Å². The number of amides is 1. The fourth-order valence-corrected chi connectivity index (χ4v) is 3.03. The Hall–Kier alpha value is -2.60. The van der Waals surface area contributed by atoms with Crippen molar-refractivity contribution < 1.29 is 9.18 Å². The molecule has 1 aliphatic heterocycles. The van der Waals surface area contributed by atoms with Gasteiger partial charge in [0.2, 0.25) is 0 Å². The molecule has 1 fully saturated rings. The predicted octanol–water partition coefficient (Wildman–Crippen LogP) is 2.80. The van der Waals surface area contributed by atoms with Gasteiger partial charge in [0.15, 0.2) is 0 Å². The number of benzene rings is 2. The van der Waals surface area contributed by atoms with Gasteiger partial charge in [-0.15, -0.1) is 0 Å². The van der Waals surface area contributed by atoms with E-state index in [1.54, 1.807) is 6.07 Å². The van der Waals surface area contributed by atoms with Crippen LogP contribution in [0.1, 0.15) is 17.3 Å². The second-order valence-electron chi connectivity index (χ2n) is 6.16. The second-order valence-corrected chi connectivity index (χ2v) is 6.16. The Labute approximate surface area is 147 Å². The van der Waals surface area contributed by atoms with Crippen molar-refractivity contribution in [3.05, 3.63) is 53.8 Å². The number of halogens is 1. The van der Waals surface area contributed by atoms with Crippen LogP contribution in [0.2, 0.25) is 0 Å². The molecule has 1 amide bonds. The maximum Gasteiger partial charge on any atom is 0.255 e. The highest BCUT2D eigenvalue weighted by molar-refractivity contribution is 6.04. The molecule has 6 heteroatoms. The summed E-state index contributed by atoms with van der Waals surface area (Å²) in [4.78, 5) is 16.9. The van der Waals surface area contributed by atoms with Gasteiger partial charge in [-0.25, -0.2) is 4.39 Å². The van der Waals surface area contributed by atoms with E-state index in [0.717, 1.165) is 38.4 Å². The molecule has 132 valence electrons. The summed E-state index contributed by atoms with van der Waals surface area (Å²) in [5, 5.41) is 2.80. The van der Waals surface area contributed by atoms with Crippen LogP contribution in [0.15, 0.2) is 42.5 Å². The number of nitrogen functional groups attached to an aromatic ring is 1. The molecule has 2 aromatic carbocycles. The lowest BCUT2D eigenvalue weighted by Crippen LogP contribution is -2.46. The topological polar surface area (TPSA) is 61.6 Å². The van der Waals surface area contributed by atoms with Crippen LogP contribution >= 0.6 is 0 Å². The number of likely N-dealkylation sites (N-methyl/N-ethyl adjacent to an activating group) is 1. The number of carbonyl (C=O) groups excluding carboxylic acids is 1. The van der Waals surface area contributed by atoms with Crippen LogP contribution in [0.3, 0.4) is 0 Å². The molecule has 0 saturated carbocycles. The van der Waals surface area contributed by atoms with E-state index in [0.29, 0.717) is 16.9 Å². The van der Waals surface area contributed by atoms with Gasteiger partial charge in [-0.3, -0.25) is 4.79 Å². The van der Waals surface area contributed by atoms with Gasteiger partial charge in [0.05, 0.1) is 11.4 Å². The van der Waals surface area contributed by atoms with Crippen molar-refractivity contribution in [1.82, 2.24) is 4.90 Å². The first-order valence-corrected chi connectivity index (χ1v) is 8.50. The first kappa shape index (κ1) is 17.2. The molecule has 25 heavy (non-hydrogen) atoms. The van der Waals surface area contributed by atoms with Crippen LogP contribution < -0.4 is 16.0 Å². The molecule has 3 rings (SSSR count). The Balaban J connectivity index is 1.67. The molecular formula is C19H23FN4O. The Kier molecular flexibility index (Phi) is 5.19. The third-order valence-electron chi connectivity index (χ3n) is 4.55. The lowest BCUT2D eigenvalue weighted by atomic mass is 10.1. The lowest BCUT2D eigenvalue weighted by molar-refractivity contribution is 0.102. The van der Waals surface area contributed by atoms with Crippen LogP contribution in [0, 0.1) is 5.82 Å². The molecule has 1 aliphatic rings. The summed E-state index contributed by atoms with van der Waals surface area (Å²) in [5.41, 5.74) is 8.86. The number of piperazine rings is 1. The standard InChI is InChI=1S/C19H23FN4O/c1-2-23-9-11-24(12-10-23)18-8-7-16(13-17(18)21)22-19(25)14-3-5-15(20)6-4-14/h3-8,13H,2,9-12,21H2,1H3,(H,22,25). The summed E-state index contributed by atoms with van der Waals surface area (Å²) >= 11 is 0. The molecule has 0 unspecified atom stereocenters. The van der Waals surface area contributed by atoms with Gasteiger partial charge in [-0.2, -0.15) is 0 Å². The molecule has 0 spiro atoms. The minimum Gasteiger partial charge on any atom is -0.397 e. The highest BCUT2D eigenvalue weighted by Gasteiger charge is 2.18. The first-order chi connectivity index (χ1) is 12.1. The van der Waals surface area contributed by atoms with Gasteiger partial charge in [-0.1, -0.05) is 6.92 Å². The number of nitrogens with one attached hydrogen (secondary N) is 1. The zero-order chi connectivity index (χ0) is 17.8. The number of hydrogen-bond donors (Lipinski definition) is 2. The SMILES string of the molecule is CCN1CCN(c2ccc(NC(=O)c3ccc(F)cc3)cc2N)CC1. The fraction of sp³-hybridized carbons (Fsp3) is 0.316. The summed E-state index contributed by atoms with van der Waals surface area (Å²) in [6.45, 7) is 7.18. The Morgan fingerprint density at radius 3 is 2.40 bits per heavy atom. The highest BCUT2D eigenvalue weighted by Crippen LogP contribution is 2.27. The zero-order valence-electron chi connectivity index (χ0n) is 14.3. The van der Waals surface area contributed by atoms with Crippen molar-refractivity contribution >= 4 is 23.0 Å². The third-order valence-corrected chi connectivity index (χ3v) is 4.55. The second kappa shape index (κ2) is 7.53. The molecule has 1 saturated heterocycles. The average molecular weight is 342 g/mol. The smallest absolute Gasteiger partial charge is 0.255 e. The van der Waals surface area contributed by atoms with Crippen molar-refractivity contribution in [2.45, 2.75) is 6.92 Å². The number of hydrogen-bond acceptors (Lipinski definition) is 4. The summed E-state index contributed by atoms with van der Waals surface area (Å²) < 4.78 is 12.9. The molecule has 0 atom stereocenters. The summed E-state index contributed by atoms with van der Waals surface area (Å²) in [6.07, 6.45) is 0.